The number of benzene rings is 2. The summed E-state index contributed by atoms with van der Waals surface area (Å²) < 4.78 is 18.8. The summed E-state index contributed by atoms with van der Waals surface area (Å²) in [4.78, 5) is 23.0. The number of hydrogen-bond donors (Lipinski definition) is 1. The van der Waals surface area contributed by atoms with Crippen molar-refractivity contribution < 1.29 is 23.8 Å². The maximum Gasteiger partial charge on any atom is 0.313 e. The van der Waals surface area contributed by atoms with Crippen LogP contribution in [0.15, 0.2) is 46.9 Å². The van der Waals surface area contributed by atoms with Gasteiger partial charge in [-0.3, -0.25) is 9.59 Å². The number of carbonyl (C=O) groups excluding carboxylic acids is 1. The lowest BCUT2D eigenvalue weighted by Crippen LogP contribution is -2.01. The first-order valence-corrected chi connectivity index (χ1v) is 9.49. The van der Waals surface area contributed by atoms with Crippen molar-refractivity contribution >= 4 is 45.5 Å². The number of carbonyl (C=O) groups is 2. The van der Waals surface area contributed by atoms with Gasteiger partial charge in [-0.25, -0.2) is 4.39 Å². The molecule has 0 fully saturated rings. The second-order valence-corrected chi connectivity index (χ2v) is 7.12. The van der Waals surface area contributed by atoms with E-state index < -0.39 is 5.97 Å². The first-order chi connectivity index (χ1) is 12.4. The third-order valence-corrected chi connectivity index (χ3v) is 4.99. The van der Waals surface area contributed by atoms with E-state index in [0.717, 1.165) is 5.56 Å². The molecule has 4 nitrogen and oxygen atoms in total. The molecule has 0 aromatic heterocycles. The van der Waals surface area contributed by atoms with Gasteiger partial charge in [-0.2, -0.15) is 0 Å². The number of halogens is 2. The molecule has 0 unspecified atom stereocenters. The summed E-state index contributed by atoms with van der Waals surface area (Å²) in [5, 5.41) is 8.73. The summed E-state index contributed by atoms with van der Waals surface area (Å²) in [6.07, 6.45) is 3.02. The molecule has 0 heterocycles. The lowest BCUT2D eigenvalue weighted by atomic mass is 10.1. The number of carboxylic acid groups (broad SMARTS) is 1. The molecule has 2 aromatic carbocycles. The summed E-state index contributed by atoms with van der Waals surface area (Å²) in [6.45, 7) is 0. The molecule has 136 valence electrons. The number of rotatable bonds is 8. The van der Waals surface area contributed by atoms with Crippen molar-refractivity contribution in [2.24, 2.45) is 0 Å². The lowest BCUT2D eigenvalue weighted by molar-refractivity contribution is -0.133. The molecule has 7 heteroatoms. The Balaban J connectivity index is 2.15. The Labute approximate surface area is 163 Å². The minimum absolute atomic E-state index is 0.0271. The molecule has 0 aliphatic rings. The fraction of sp³-hybridized carbons (Fsp3) is 0.158. The van der Waals surface area contributed by atoms with E-state index in [0.29, 0.717) is 27.1 Å². The number of allylic oxidation sites excluding steroid dienone is 1. The number of ether oxygens (including phenoxy) is 1. The van der Waals surface area contributed by atoms with Crippen molar-refractivity contribution in [1.29, 1.82) is 0 Å². The van der Waals surface area contributed by atoms with E-state index in [1.807, 2.05) is 0 Å². The van der Waals surface area contributed by atoms with E-state index in [1.54, 1.807) is 36.4 Å². The standard InChI is InChI=1S/C19H16BrFO4S/c1-25-18-7-4-13(9-14(18)10-26-11-19(23)24)17(22)6-3-12-2-5-16(21)15(20)8-12/h2-9H,10-11H2,1H3,(H,23,24)/b6-3+. The van der Waals surface area contributed by atoms with Crippen LogP contribution in [-0.4, -0.2) is 29.7 Å². The van der Waals surface area contributed by atoms with Gasteiger partial charge in [-0.1, -0.05) is 12.1 Å². The first kappa shape index (κ1) is 20.2. The second-order valence-electron chi connectivity index (χ2n) is 5.28. The average Bonchev–Trinajstić information content (AvgIpc) is 2.62. The van der Waals surface area contributed by atoms with Gasteiger partial charge in [0.15, 0.2) is 5.78 Å². The molecule has 2 aromatic rings. The van der Waals surface area contributed by atoms with Gasteiger partial charge in [0.1, 0.15) is 11.6 Å². The minimum Gasteiger partial charge on any atom is -0.496 e. The number of methoxy groups -OCH3 is 1. The predicted molar refractivity (Wildman–Crippen MR) is 104 cm³/mol. The lowest BCUT2D eigenvalue weighted by Gasteiger charge is -2.09. The summed E-state index contributed by atoms with van der Waals surface area (Å²) >= 11 is 4.33. The highest BCUT2D eigenvalue weighted by atomic mass is 79.9. The zero-order valence-electron chi connectivity index (χ0n) is 13.9. The number of thioether (sulfide) groups is 1. The Morgan fingerprint density at radius 1 is 1.27 bits per heavy atom. The van der Waals surface area contributed by atoms with E-state index in [1.165, 1.54) is 31.0 Å². The third kappa shape index (κ3) is 5.71. The molecule has 0 atom stereocenters. The van der Waals surface area contributed by atoms with Gasteiger partial charge in [0, 0.05) is 16.9 Å². The molecule has 1 N–H and O–H groups in total. The summed E-state index contributed by atoms with van der Waals surface area (Å²) in [5.41, 5.74) is 1.91. The Kier molecular flexibility index (Phi) is 7.41. The fourth-order valence-corrected chi connectivity index (χ4v) is 3.30. The Morgan fingerprint density at radius 2 is 2.04 bits per heavy atom. The van der Waals surface area contributed by atoms with Crippen LogP contribution in [0.25, 0.3) is 6.08 Å². The molecule has 0 bridgehead atoms. The van der Waals surface area contributed by atoms with E-state index in [-0.39, 0.29) is 17.4 Å². The molecule has 0 saturated heterocycles. The molecule has 0 aliphatic carbocycles. The van der Waals surface area contributed by atoms with Crippen molar-refractivity contribution in [3.63, 3.8) is 0 Å². The van der Waals surface area contributed by atoms with Crippen LogP contribution < -0.4 is 4.74 Å². The van der Waals surface area contributed by atoms with Gasteiger partial charge >= 0.3 is 5.97 Å². The maximum absolute atomic E-state index is 13.2. The molecular weight excluding hydrogens is 423 g/mol. The molecular formula is C19H16BrFO4S. The SMILES string of the molecule is COc1ccc(C(=O)/C=C/c2ccc(F)c(Br)c2)cc1CSCC(=O)O. The Hall–Kier alpha value is -2.12. The van der Waals surface area contributed by atoms with Crippen molar-refractivity contribution in [2.45, 2.75) is 5.75 Å². The van der Waals surface area contributed by atoms with Crippen molar-refractivity contribution in [1.82, 2.24) is 0 Å². The van der Waals surface area contributed by atoms with Crippen molar-refractivity contribution in [2.75, 3.05) is 12.9 Å². The minimum atomic E-state index is -0.894. The highest BCUT2D eigenvalue weighted by molar-refractivity contribution is 9.10. The first-order valence-electron chi connectivity index (χ1n) is 7.54. The highest BCUT2D eigenvalue weighted by Crippen LogP contribution is 2.25. The fourth-order valence-electron chi connectivity index (χ4n) is 2.18. The van der Waals surface area contributed by atoms with Crippen molar-refractivity contribution in [3.8, 4) is 5.75 Å². The van der Waals surface area contributed by atoms with Gasteiger partial charge in [0.2, 0.25) is 0 Å². The summed E-state index contributed by atoms with van der Waals surface area (Å²) in [7, 11) is 1.52. The van der Waals surface area contributed by atoms with Gasteiger partial charge < -0.3 is 9.84 Å². The van der Waals surface area contributed by atoms with Crippen LogP contribution in [-0.2, 0) is 10.5 Å². The van der Waals surface area contributed by atoms with Gasteiger partial charge in [0.25, 0.3) is 0 Å². The topological polar surface area (TPSA) is 63.6 Å². The molecule has 0 radical (unpaired) electrons. The van der Waals surface area contributed by atoms with Gasteiger partial charge in [-0.15, -0.1) is 11.8 Å². The smallest absolute Gasteiger partial charge is 0.313 e. The summed E-state index contributed by atoms with van der Waals surface area (Å²) in [5.74, 6) is -0.475. The Morgan fingerprint density at radius 3 is 2.69 bits per heavy atom. The molecule has 0 aliphatic heterocycles. The zero-order chi connectivity index (χ0) is 19.1. The average molecular weight is 439 g/mol. The van der Waals surface area contributed by atoms with Crippen LogP contribution in [0, 0.1) is 5.82 Å². The third-order valence-electron chi connectivity index (χ3n) is 3.42. The Bertz CT molecular complexity index is 851. The summed E-state index contributed by atoms with van der Waals surface area (Å²) in [6, 6.07) is 9.51. The van der Waals surface area contributed by atoms with Gasteiger partial charge in [-0.05, 0) is 57.9 Å². The van der Waals surface area contributed by atoms with E-state index in [9.17, 15) is 14.0 Å². The number of hydrogen-bond acceptors (Lipinski definition) is 4. The molecule has 0 amide bonds. The van der Waals surface area contributed by atoms with Crippen LogP contribution in [0.1, 0.15) is 21.5 Å². The number of aliphatic carboxylic acids is 1. The van der Waals surface area contributed by atoms with Crippen LogP contribution in [0.4, 0.5) is 4.39 Å². The maximum atomic E-state index is 13.2. The highest BCUT2D eigenvalue weighted by Gasteiger charge is 2.10. The van der Waals surface area contributed by atoms with Gasteiger partial charge in [0.05, 0.1) is 17.3 Å². The molecule has 0 spiro atoms. The van der Waals surface area contributed by atoms with Crippen LogP contribution in [0.5, 0.6) is 5.75 Å². The van der Waals surface area contributed by atoms with Crippen molar-refractivity contribution in [3.05, 3.63) is 69.5 Å². The molecule has 0 saturated carbocycles. The van der Waals surface area contributed by atoms with Crippen LogP contribution in [0.3, 0.4) is 0 Å². The quantitative estimate of drug-likeness (QED) is 0.473. The number of ketones is 1. The van der Waals surface area contributed by atoms with Crippen LogP contribution >= 0.6 is 27.7 Å². The second kappa shape index (κ2) is 9.54. The molecule has 2 rings (SSSR count). The van der Waals surface area contributed by atoms with E-state index in [2.05, 4.69) is 15.9 Å². The van der Waals surface area contributed by atoms with E-state index >= 15 is 0 Å². The largest absolute Gasteiger partial charge is 0.496 e. The zero-order valence-corrected chi connectivity index (χ0v) is 16.3. The predicted octanol–water partition coefficient (Wildman–Crippen LogP) is 4.81. The molecule has 26 heavy (non-hydrogen) atoms. The monoisotopic (exact) mass is 438 g/mol. The van der Waals surface area contributed by atoms with E-state index in [4.69, 9.17) is 9.84 Å². The number of carboxylic acids is 1. The normalized spacial score (nSPS) is 10.9. The van der Waals surface area contributed by atoms with Crippen LogP contribution in [0.2, 0.25) is 0 Å².